The van der Waals surface area contributed by atoms with Crippen LogP contribution in [0.3, 0.4) is 0 Å². The first-order chi connectivity index (χ1) is 11.7. The lowest BCUT2D eigenvalue weighted by Gasteiger charge is -2.38. The van der Waals surface area contributed by atoms with Crippen LogP contribution in [0.2, 0.25) is 0 Å². The minimum absolute atomic E-state index is 0.414. The van der Waals surface area contributed by atoms with Gasteiger partial charge in [0.1, 0.15) is 0 Å². The van der Waals surface area contributed by atoms with Gasteiger partial charge in [0, 0.05) is 25.0 Å². The number of likely N-dealkylation sites (N-methyl/N-ethyl adjacent to an activating group) is 1. The van der Waals surface area contributed by atoms with Gasteiger partial charge in [-0.1, -0.05) is 60.7 Å². The van der Waals surface area contributed by atoms with Crippen LogP contribution in [0.5, 0.6) is 0 Å². The topological polar surface area (TPSA) is 29.3 Å². The van der Waals surface area contributed by atoms with Crippen LogP contribution < -0.4 is 5.73 Å². The molecule has 4 rings (SSSR count). The Balaban J connectivity index is 1.84. The highest BCUT2D eigenvalue weighted by Crippen LogP contribution is 2.39. The molecule has 0 aliphatic carbocycles. The molecule has 0 radical (unpaired) electrons. The predicted molar refractivity (Wildman–Crippen MR) is 101 cm³/mol. The van der Waals surface area contributed by atoms with Gasteiger partial charge in [0.05, 0.1) is 0 Å². The Bertz CT molecular complexity index is 884. The molecule has 122 valence electrons. The molecule has 3 aromatic rings. The van der Waals surface area contributed by atoms with E-state index in [1.54, 1.807) is 0 Å². The largest absolute Gasteiger partial charge is 0.326 e. The van der Waals surface area contributed by atoms with E-state index in [0.717, 1.165) is 6.54 Å². The number of rotatable bonds is 2. The smallest absolute Gasteiger partial charge is 0.0320 e. The van der Waals surface area contributed by atoms with Crippen LogP contribution in [-0.2, 0) is 6.54 Å². The molecule has 2 heteroatoms. The van der Waals surface area contributed by atoms with E-state index in [1.165, 1.54) is 33.0 Å². The Labute approximate surface area is 143 Å². The van der Waals surface area contributed by atoms with E-state index in [2.05, 4.69) is 79.5 Å². The van der Waals surface area contributed by atoms with E-state index in [4.69, 9.17) is 5.73 Å². The predicted octanol–water partition coefficient (Wildman–Crippen LogP) is 4.44. The lowest BCUT2D eigenvalue weighted by atomic mass is 9.81. The summed E-state index contributed by atoms with van der Waals surface area (Å²) in [5.41, 5.74) is 11.3. The number of benzene rings is 3. The molecule has 3 aromatic carbocycles. The van der Waals surface area contributed by atoms with Crippen LogP contribution in [0.15, 0.2) is 60.7 Å². The first-order valence-corrected chi connectivity index (χ1v) is 8.69. The fourth-order valence-electron chi connectivity index (χ4n) is 3.92. The van der Waals surface area contributed by atoms with Crippen molar-refractivity contribution < 1.29 is 0 Å². The second-order valence-electron chi connectivity index (χ2n) is 6.94. The van der Waals surface area contributed by atoms with E-state index in [-0.39, 0.29) is 0 Å². The third kappa shape index (κ3) is 2.52. The summed E-state index contributed by atoms with van der Waals surface area (Å²) in [6, 6.07) is 22.7. The van der Waals surface area contributed by atoms with Gasteiger partial charge in [-0.15, -0.1) is 0 Å². The Morgan fingerprint density at radius 2 is 1.75 bits per heavy atom. The molecule has 1 aliphatic heterocycles. The third-order valence-electron chi connectivity index (χ3n) is 5.52. The molecule has 2 atom stereocenters. The summed E-state index contributed by atoms with van der Waals surface area (Å²) < 4.78 is 0. The second kappa shape index (κ2) is 6.04. The van der Waals surface area contributed by atoms with Crippen LogP contribution in [0, 0.1) is 0 Å². The first-order valence-electron chi connectivity index (χ1n) is 8.69. The molecule has 2 N–H and O–H groups in total. The lowest BCUT2D eigenvalue weighted by molar-refractivity contribution is 0.234. The van der Waals surface area contributed by atoms with Crippen molar-refractivity contribution in [3.8, 4) is 0 Å². The fourth-order valence-corrected chi connectivity index (χ4v) is 3.92. The van der Waals surface area contributed by atoms with Gasteiger partial charge < -0.3 is 5.73 Å². The van der Waals surface area contributed by atoms with Gasteiger partial charge in [-0.2, -0.15) is 0 Å². The summed E-state index contributed by atoms with van der Waals surface area (Å²) >= 11 is 0. The average Bonchev–Trinajstić information content (AvgIpc) is 2.64. The van der Waals surface area contributed by atoms with Crippen molar-refractivity contribution in [2.24, 2.45) is 5.73 Å². The number of hydrogen-bond acceptors (Lipinski definition) is 2. The summed E-state index contributed by atoms with van der Waals surface area (Å²) in [4.78, 5) is 2.45. The number of hydrogen-bond donors (Lipinski definition) is 1. The molecular weight excluding hydrogens is 292 g/mol. The quantitative estimate of drug-likeness (QED) is 0.757. The Kier molecular flexibility index (Phi) is 3.87. The van der Waals surface area contributed by atoms with Crippen LogP contribution in [0.1, 0.15) is 41.1 Å². The van der Waals surface area contributed by atoms with E-state index in [9.17, 15) is 0 Å². The molecule has 0 bridgehead atoms. The van der Waals surface area contributed by atoms with Crippen LogP contribution in [-0.4, -0.2) is 18.5 Å². The summed E-state index contributed by atoms with van der Waals surface area (Å²) in [5, 5.41) is 2.62. The van der Waals surface area contributed by atoms with Crippen LogP contribution >= 0.6 is 0 Å². The van der Waals surface area contributed by atoms with Crippen LogP contribution in [0.25, 0.3) is 10.8 Å². The molecule has 0 amide bonds. The monoisotopic (exact) mass is 316 g/mol. The standard InChI is InChI=1S/C22H24N2/c1-15-21-11-16(13-23)7-10-20(21)22(14-24(15)2)19-9-8-17-5-3-4-6-18(17)12-19/h3-12,15,22H,13-14,23H2,1-2H3. The van der Waals surface area contributed by atoms with Crippen LogP contribution in [0.4, 0.5) is 0 Å². The second-order valence-corrected chi connectivity index (χ2v) is 6.94. The van der Waals surface area contributed by atoms with Crippen molar-refractivity contribution in [2.45, 2.75) is 25.4 Å². The molecule has 1 heterocycles. The number of nitrogens with zero attached hydrogens (tertiary/aromatic N) is 1. The normalized spacial score (nSPS) is 21.0. The molecule has 0 spiro atoms. The molecule has 1 aliphatic rings. The molecule has 0 saturated heterocycles. The fraction of sp³-hybridized carbons (Fsp3) is 0.273. The molecule has 2 nitrogen and oxygen atoms in total. The van der Waals surface area contributed by atoms with Crippen molar-refractivity contribution in [3.05, 3.63) is 82.9 Å². The summed E-state index contributed by atoms with van der Waals surface area (Å²) in [6.07, 6.45) is 0. The van der Waals surface area contributed by atoms with E-state index >= 15 is 0 Å². The zero-order valence-corrected chi connectivity index (χ0v) is 14.4. The molecule has 0 saturated carbocycles. The van der Waals surface area contributed by atoms with Gasteiger partial charge >= 0.3 is 0 Å². The van der Waals surface area contributed by atoms with Gasteiger partial charge in [-0.05, 0) is 47.0 Å². The number of fused-ring (bicyclic) bond motifs is 2. The van der Waals surface area contributed by atoms with E-state index in [0.29, 0.717) is 18.5 Å². The molecule has 0 aromatic heterocycles. The highest BCUT2D eigenvalue weighted by Gasteiger charge is 2.29. The lowest BCUT2D eigenvalue weighted by Crippen LogP contribution is -2.34. The first kappa shape index (κ1) is 15.4. The molecule has 0 fully saturated rings. The van der Waals surface area contributed by atoms with Crippen molar-refractivity contribution in [2.75, 3.05) is 13.6 Å². The Morgan fingerprint density at radius 3 is 2.54 bits per heavy atom. The van der Waals surface area contributed by atoms with Gasteiger partial charge in [0.25, 0.3) is 0 Å². The number of nitrogens with two attached hydrogens (primary N) is 1. The molecule has 2 unspecified atom stereocenters. The van der Waals surface area contributed by atoms with E-state index < -0.39 is 0 Å². The highest BCUT2D eigenvalue weighted by molar-refractivity contribution is 5.83. The summed E-state index contributed by atoms with van der Waals surface area (Å²) in [7, 11) is 2.22. The summed E-state index contributed by atoms with van der Waals surface area (Å²) in [6.45, 7) is 3.94. The SMILES string of the molecule is CC1c2cc(CN)ccc2C(c2ccc3ccccc3c2)CN1C. The van der Waals surface area contributed by atoms with Crippen molar-refractivity contribution in [3.63, 3.8) is 0 Å². The zero-order chi connectivity index (χ0) is 16.7. The molecular formula is C22H24N2. The van der Waals surface area contributed by atoms with E-state index in [1.807, 2.05) is 0 Å². The maximum atomic E-state index is 5.86. The highest BCUT2D eigenvalue weighted by atomic mass is 15.1. The average molecular weight is 316 g/mol. The third-order valence-corrected chi connectivity index (χ3v) is 5.52. The van der Waals surface area contributed by atoms with Crippen molar-refractivity contribution in [1.82, 2.24) is 4.90 Å². The maximum Gasteiger partial charge on any atom is 0.0320 e. The Hall–Kier alpha value is -2.16. The summed E-state index contributed by atoms with van der Waals surface area (Å²) in [5.74, 6) is 0.414. The van der Waals surface area contributed by atoms with Crippen molar-refractivity contribution >= 4 is 10.8 Å². The minimum atomic E-state index is 0.414. The Morgan fingerprint density at radius 1 is 0.958 bits per heavy atom. The van der Waals surface area contributed by atoms with Crippen molar-refractivity contribution in [1.29, 1.82) is 0 Å². The van der Waals surface area contributed by atoms with Gasteiger partial charge in [0.2, 0.25) is 0 Å². The van der Waals surface area contributed by atoms with Gasteiger partial charge in [-0.3, -0.25) is 4.90 Å². The maximum absolute atomic E-state index is 5.86. The molecule has 24 heavy (non-hydrogen) atoms. The van der Waals surface area contributed by atoms with Gasteiger partial charge in [0.15, 0.2) is 0 Å². The van der Waals surface area contributed by atoms with Gasteiger partial charge in [-0.25, -0.2) is 0 Å². The minimum Gasteiger partial charge on any atom is -0.326 e. The zero-order valence-electron chi connectivity index (χ0n) is 14.4.